The van der Waals surface area contributed by atoms with Crippen LogP contribution in [0.2, 0.25) is 0 Å². The van der Waals surface area contributed by atoms with E-state index in [4.69, 9.17) is 0 Å². The normalized spacial score (nSPS) is 10.9. The number of fused-ring (bicyclic) bond motifs is 1. The van der Waals surface area contributed by atoms with Gasteiger partial charge in [0.1, 0.15) is 0 Å². The zero-order valence-electron chi connectivity index (χ0n) is 10.8. The topological polar surface area (TPSA) is 0 Å². The Hall–Kier alpha value is -1.65. The van der Waals surface area contributed by atoms with Crippen LogP contribution in [0.5, 0.6) is 0 Å². The Morgan fingerprint density at radius 1 is 0.667 bits per heavy atom. The molecule has 6 heteroatoms. The van der Waals surface area contributed by atoms with E-state index in [-0.39, 0.29) is 0 Å². The molecule has 0 spiro atoms. The van der Waals surface area contributed by atoms with Gasteiger partial charge in [0.15, 0.2) is 0 Å². The van der Waals surface area contributed by atoms with E-state index in [1.54, 1.807) is 0 Å². The van der Waals surface area contributed by atoms with Gasteiger partial charge in [0.25, 0.3) is 0 Å². The first-order chi connectivity index (χ1) is 9.93. The molecule has 0 aliphatic rings. The fraction of sp³-hybridized carbons (Fsp3) is 0. The van der Waals surface area contributed by atoms with E-state index in [9.17, 15) is 17.3 Å². The van der Waals surface area contributed by atoms with Crippen molar-refractivity contribution < 1.29 is 17.3 Å². The van der Waals surface area contributed by atoms with Gasteiger partial charge < -0.3 is 17.3 Å². The van der Waals surface area contributed by atoms with Crippen LogP contribution in [0.25, 0.3) is 19.6 Å². The summed E-state index contributed by atoms with van der Waals surface area (Å²) >= 11 is 0.437. The number of benzene rings is 2. The first-order valence-electron chi connectivity index (χ1n) is 6.18. The summed E-state index contributed by atoms with van der Waals surface area (Å²) in [6.07, 6.45) is 0. The van der Waals surface area contributed by atoms with Crippen molar-refractivity contribution in [2.24, 2.45) is 0 Å². The summed E-state index contributed by atoms with van der Waals surface area (Å²) in [4.78, 5) is 0. The van der Waals surface area contributed by atoms with Crippen LogP contribution >= 0.6 is 0 Å². The van der Waals surface area contributed by atoms with E-state index in [0.717, 1.165) is 0 Å². The SMILES string of the molecule is F[B-](F)(F)F.c1ccc(-c2ccc3ccccc3[se+]2)cc1. The van der Waals surface area contributed by atoms with Crippen molar-refractivity contribution in [2.75, 3.05) is 0 Å². The molecule has 0 N–H and O–H groups in total. The number of hydrogen-bond acceptors (Lipinski definition) is 0. The molecule has 0 fully saturated rings. The van der Waals surface area contributed by atoms with Crippen molar-refractivity contribution in [3.05, 3.63) is 66.7 Å². The van der Waals surface area contributed by atoms with Crippen LogP contribution < -0.4 is 0 Å². The van der Waals surface area contributed by atoms with E-state index in [2.05, 4.69) is 66.7 Å². The van der Waals surface area contributed by atoms with Crippen LogP contribution in [0.3, 0.4) is 0 Å². The maximum atomic E-state index is 9.75. The summed E-state index contributed by atoms with van der Waals surface area (Å²) in [6, 6.07) is 23.8. The molecule has 108 valence electrons. The van der Waals surface area contributed by atoms with Crippen LogP contribution in [-0.4, -0.2) is 21.8 Å². The minimum absolute atomic E-state index is 0.437. The third-order valence-electron chi connectivity index (χ3n) is 2.61. The summed E-state index contributed by atoms with van der Waals surface area (Å²) in [5.74, 6) is 0. The van der Waals surface area contributed by atoms with E-state index in [1.165, 1.54) is 19.6 Å². The van der Waals surface area contributed by atoms with Gasteiger partial charge in [-0.25, -0.2) is 0 Å². The predicted octanol–water partition coefficient (Wildman–Crippen LogP) is 5.14. The average molecular weight is 357 g/mol. The predicted molar refractivity (Wildman–Crippen MR) is 80.9 cm³/mol. The molecule has 0 unspecified atom stereocenters. The Kier molecular flexibility index (Phi) is 5.15. The number of rotatable bonds is 1. The maximum absolute atomic E-state index is 9.75. The van der Waals surface area contributed by atoms with Crippen LogP contribution in [-0.2, 0) is 0 Å². The molecule has 0 amide bonds. The third kappa shape index (κ3) is 5.33. The van der Waals surface area contributed by atoms with Gasteiger partial charge >= 0.3 is 108 Å². The fourth-order valence-corrected chi connectivity index (χ4v) is 3.94. The summed E-state index contributed by atoms with van der Waals surface area (Å²) in [5.41, 5.74) is 1.35. The molecule has 0 nitrogen and oxygen atoms in total. The van der Waals surface area contributed by atoms with E-state index < -0.39 is 7.25 Å². The molecule has 0 saturated heterocycles. The molecule has 0 bridgehead atoms. The molecule has 21 heavy (non-hydrogen) atoms. The second kappa shape index (κ2) is 6.88. The third-order valence-corrected chi connectivity index (χ3v) is 5.09. The Balaban J connectivity index is 0.000000282. The molecule has 3 rings (SSSR count). The van der Waals surface area contributed by atoms with Crippen molar-refractivity contribution in [2.45, 2.75) is 0 Å². The van der Waals surface area contributed by atoms with Crippen molar-refractivity contribution in [3.8, 4) is 10.0 Å². The zero-order valence-corrected chi connectivity index (χ0v) is 12.6. The Morgan fingerprint density at radius 2 is 1.24 bits per heavy atom. The van der Waals surface area contributed by atoms with Crippen molar-refractivity contribution in [1.82, 2.24) is 0 Å². The Bertz CT molecular complexity index is 707. The summed E-state index contributed by atoms with van der Waals surface area (Å²) in [5, 5.41) is 1.38. The molecular weight excluding hydrogens is 346 g/mol. The van der Waals surface area contributed by atoms with Gasteiger partial charge in [-0.3, -0.25) is 0 Å². The van der Waals surface area contributed by atoms with Crippen molar-refractivity contribution in [3.63, 3.8) is 0 Å². The van der Waals surface area contributed by atoms with Gasteiger partial charge in [-0.1, -0.05) is 0 Å². The molecular formula is C15H11BF4Se. The van der Waals surface area contributed by atoms with Crippen molar-refractivity contribution >= 4 is 31.4 Å². The first kappa shape index (κ1) is 15.7. The van der Waals surface area contributed by atoms with Crippen molar-refractivity contribution in [1.29, 1.82) is 0 Å². The molecule has 0 radical (unpaired) electrons. The quantitative estimate of drug-likeness (QED) is 0.418. The van der Waals surface area contributed by atoms with Gasteiger partial charge in [-0.2, -0.15) is 0 Å². The van der Waals surface area contributed by atoms with Crippen LogP contribution in [0.15, 0.2) is 66.7 Å². The second-order valence-electron chi connectivity index (χ2n) is 4.20. The van der Waals surface area contributed by atoms with Crippen LogP contribution in [0, 0.1) is 0 Å². The minimum atomic E-state index is -6.00. The van der Waals surface area contributed by atoms with E-state index >= 15 is 0 Å². The average Bonchev–Trinajstić information content (AvgIpc) is 2.46. The molecule has 1 aromatic heterocycles. The molecule has 0 aliphatic carbocycles. The molecule has 2 aromatic carbocycles. The summed E-state index contributed by atoms with van der Waals surface area (Å²) < 4.78 is 41.9. The standard InChI is InChI=1S/C15H11Se.BF4/c1-2-6-12(7-3-1)15-11-10-13-8-4-5-9-14(13)16-15;2-1(3,4)5/h1-11H;/q+1;-1. The van der Waals surface area contributed by atoms with Gasteiger partial charge in [0.2, 0.25) is 0 Å². The van der Waals surface area contributed by atoms with Gasteiger partial charge in [0.05, 0.1) is 0 Å². The van der Waals surface area contributed by atoms with Gasteiger partial charge in [-0.15, -0.1) is 0 Å². The number of hydrogen-bond donors (Lipinski definition) is 0. The Morgan fingerprint density at radius 3 is 1.90 bits per heavy atom. The molecule has 0 aliphatic heterocycles. The second-order valence-corrected chi connectivity index (χ2v) is 6.47. The fourth-order valence-electron chi connectivity index (χ4n) is 1.79. The number of halogens is 4. The Labute approximate surface area is 125 Å². The summed E-state index contributed by atoms with van der Waals surface area (Å²) in [6.45, 7) is 0. The van der Waals surface area contributed by atoms with Gasteiger partial charge in [-0.05, 0) is 0 Å². The summed E-state index contributed by atoms with van der Waals surface area (Å²) in [7, 11) is -6.00. The monoisotopic (exact) mass is 358 g/mol. The molecule has 3 aromatic rings. The van der Waals surface area contributed by atoms with E-state index in [1.807, 2.05) is 0 Å². The molecule has 0 atom stereocenters. The zero-order chi connectivity index (χ0) is 15.3. The van der Waals surface area contributed by atoms with E-state index in [0.29, 0.717) is 14.5 Å². The molecule has 1 heterocycles. The van der Waals surface area contributed by atoms with Gasteiger partial charge in [0, 0.05) is 0 Å². The first-order valence-corrected chi connectivity index (χ1v) is 7.89. The van der Waals surface area contributed by atoms with Crippen LogP contribution in [0.4, 0.5) is 17.3 Å². The van der Waals surface area contributed by atoms with Crippen LogP contribution in [0.1, 0.15) is 0 Å². The molecule has 0 saturated carbocycles.